The van der Waals surface area contributed by atoms with Crippen LogP contribution >= 0.6 is 0 Å². The highest BCUT2D eigenvalue weighted by Crippen LogP contribution is 2.27. The molecule has 0 radical (unpaired) electrons. The van der Waals surface area contributed by atoms with Crippen molar-refractivity contribution in [3.63, 3.8) is 0 Å². The summed E-state index contributed by atoms with van der Waals surface area (Å²) in [4.78, 5) is 25.1. The summed E-state index contributed by atoms with van der Waals surface area (Å²) in [7, 11) is 0. The zero-order valence-electron chi connectivity index (χ0n) is 13.7. The summed E-state index contributed by atoms with van der Waals surface area (Å²) < 4.78 is 0. The van der Waals surface area contributed by atoms with E-state index in [4.69, 9.17) is 5.73 Å². The highest BCUT2D eigenvalue weighted by Gasteiger charge is 2.28. The summed E-state index contributed by atoms with van der Waals surface area (Å²) >= 11 is 0. The number of hydrogen-bond acceptors (Lipinski definition) is 5. The molecule has 0 aromatic carbocycles. The van der Waals surface area contributed by atoms with Crippen LogP contribution in [0, 0.1) is 5.92 Å². The highest BCUT2D eigenvalue weighted by atomic mass is 16.2. The smallest absolute Gasteiger partial charge is 0.239 e. The lowest BCUT2D eigenvalue weighted by Gasteiger charge is -2.36. The van der Waals surface area contributed by atoms with Gasteiger partial charge in [0.15, 0.2) is 0 Å². The molecule has 126 valence electrons. The molecule has 1 aliphatic carbocycles. The molecule has 1 unspecified atom stereocenters. The molecule has 0 spiro atoms. The summed E-state index contributed by atoms with van der Waals surface area (Å²) in [5.74, 6) is 1.64. The predicted octanol–water partition coefficient (Wildman–Crippen LogP) is 1.42. The van der Waals surface area contributed by atoms with Crippen molar-refractivity contribution >= 4 is 11.7 Å². The maximum absolute atomic E-state index is 12.6. The maximum atomic E-state index is 12.6. The van der Waals surface area contributed by atoms with Crippen LogP contribution in [0.25, 0.3) is 0 Å². The first-order valence-corrected chi connectivity index (χ1v) is 8.79. The molecule has 1 saturated heterocycles. The van der Waals surface area contributed by atoms with E-state index in [-0.39, 0.29) is 11.9 Å². The first-order chi connectivity index (χ1) is 11.2. The van der Waals surface area contributed by atoms with Crippen molar-refractivity contribution in [3.8, 4) is 0 Å². The minimum Gasteiger partial charge on any atom is -0.352 e. The lowest BCUT2D eigenvalue weighted by atomic mass is 9.84. The summed E-state index contributed by atoms with van der Waals surface area (Å²) in [6.45, 7) is 3.02. The molecule has 1 aromatic heterocycles. The third-order valence-electron chi connectivity index (χ3n) is 5.09. The zero-order valence-corrected chi connectivity index (χ0v) is 13.7. The van der Waals surface area contributed by atoms with E-state index in [0.717, 1.165) is 25.3 Å². The zero-order chi connectivity index (χ0) is 16.1. The number of piperazine rings is 1. The molecule has 6 nitrogen and oxygen atoms in total. The van der Waals surface area contributed by atoms with Crippen LogP contribution in [-0.2, 0) is 4.79 Å². The molecule has 0 bridgehead atoms. The van der Waals surface area contributed by atoms with Crippen molar-refractivity contribution in [2.75, 3.05) is 31.1 Å². The minimum atomic E-state index is -0.332. The van der Waals surface area contributed by atoms with Crippen LogP contribution in [0.5, 0.6) is 0 Å². The molecule has 1 atom stereocenters. The van der Waals surface area contributed by atoms with Crippen LogP contribution in [0.2, 0.25) is 0 Å². The Morgan fingerprint density at radius 2 is 1.91 bits per heavy atom. The standard InChI is InChI=1S/C17H27N5O/c18-15(12-14-4-2-1-3-5-14)17(23)22-10-8-21(9-11-22)16-13-19-6-7-20-16/h6-7,13-15H,1-5,8-12,18H2. The Hall–Kier alpha value is -1.69. The minimum absolute atomic E-state index is 0.120. The van der Waals surface area contributed by atoms with Gasteiger partial charge in [0.2, 0.25) is 5.91 Å². The second-order valence-electron chi connectivity index (χ2n) is 6.72. The van der Waals surface area contributed by atoms with E-state index in [2.05, 4.69) is 14.9 Å². The van der Waals surface area contributed by atoms with Crippen LogP contribution in [-0.4, -0.2) is 53.0 Å². The van der Waals surface area contributed by atoms with Crippen LogP contribution < -0.4 is 10.6 Å². The molecule has 23 heavy (non-hydrogen) atoms. The van der Waals surface area contributed by atoms with Gasteiger partial charge in [0.1, 0.15) is 5.82 Å². The Bertz CT molecular complexity index is 495. The van der Waals surface area contributed by atoms with Crippen molar-refractivity contribution in [2.45, 2.75) is 44.6 Å². The van der Waals surface area contributed by atoms with Crippen LogP contribution in [0.15, 0.2) is 18.6 Å². The molecule has 1 saturated carbocycles. The van der Waals surface area contributed by atoms with Gasteiger partial charge in [0.05, 0.1) is 12.2 Å². The highest BCUT2D eigenvalue weighted by molar-refractivity contribution is 5.81. The number of amides is 1. The molecule has 6 heteroatoms. The third-order valence-corrected chi connectivity index (χ3v) is 5.09. The van der Waals surface area contributed by atoms with Crippen molar-refractivity contribution < 1.29 is 4.79 Å². The van der Waals surface area contributed by atoms with Gasteiger partial charge in [0, 0.05) is 38.6 Å². The SMILES string of the molecule is NC(CC1CCCCC1)C(=O)N1CCN(c2cnccn2)CC1. The molecular formula is C17H27N5O. The van der Waals surface area contributed by atoms with Gasteiger partial charge in [-0.1, -0.05) is 32.1 Å². The topological polar surface area (TPSA) is 75.4 Å². The van der Waals surface area contributed by atoms with E-state index >= 15 is 0 Å². The third kappa shape index (κ3) is 4.19. The number of anilines is 1. The number of nitrogens with two attached hydrogens (primary N) is 1. The van der Waals surface area contributed by atoms with Crippen LogP contribution in [0.3, 0.4) is 0 Å². The van der Waals surface area contributed by atoms with Gasteiger partial charge in [-0.2, -0.15) is 0 Å². The molecular weight excluding hydrogens is 290 g/mol. The first kappa shape index (κ1) is 16.2. The quantitative estimate of drug-likeness (QED) is 0.909. The molecule has 2 heterocycles. The largest absolute Gasteiger partial charge is 0.352 e. The summed E-state index contributed by atoms with van der Waals surface area (Å²) in [5.41, 5.74) is 6.20. The Labute approximate surface area is 138 Å². The van der Waals surface area contributed by atoms with Gasteiger partial charge >= 0.3 is 0 Å². The summed E-state index contributed by atoms with van der Waals surface area (Å²) in [5, 5.41) is 0. The lowest BCUT2D eigenvalue weighted by molar-refractivity contribution is -0.133. The number of hydrogen-bond donors (Lipinski definition) is 1. The first-order valence-electron chi connectivity index (χ1n) is 8.79. The van der Waals surface area contributed by atoms with Gasteiger partial charge in [-0.3, -0.25) is 9.78 Å². The molecule has 2 N–H and O–H groups in total. The maximum Gasteiger partial charge on any atom is 0.239 e. The fourth-order valence-electron chi connectivity index (χ4n) is 3.73. The Morgan fingerprint density at radius 1 is 1.17 bits per heavy atom. The van der Waals surface area contributed by atoms with Gasteiger partial charge in [0.25, 0.3) is 0 Å². The fraction of sp³-hybridized carbons (Fsp3) is 0.706. The monoisotopic (exact) mass is 317 g/mol. The summed E-state index contributed by atoms with van der Waals surface area (Å²) in [6, 6.07) is -0.332. The van der Waals surface area contributed by atoms with Gasteiger partial charge < -0.3 is 15.5 Å². The number of nitrogens with zero attached hydrogens (tertiary/aromatic N) is 4. The predicted molar refractivity (Wildman–Crippen MR) is 90.0 cm³/mol. The number of aromatic nitrogens is 2. The van der Waals surface area contributed by atoms with E-state index in [9.17, 15) is 4.79 Å². The van der Waals surface area contributed by atoms with Gasteiger partial charge in [-0.25, -0.2) is 4.98 Å². The molecule has 2 fully saturated rings. The van der Waals surface area contributed by atoms with Gasteiger partial charge in [-0.05, 0) is 12.3 Å². The van der Waals surface area contributed by atoms with Crippen molar-refractivity contribution in [2.24, 2.45) is 11.7 Å². The van der Waals surface area contributed by atoms with Crippen molar-refractivity contribution in [3.05, 3.63) is 18.6 Å². The molecule has 2 aliphatic rings. The van der Waals surface area contributed by atoms with E-state index < -0.39 is 0 Å². The molecule has 3 rings (SSSR count). The lowest BCUT2D eigenvalue weighted by Crippen LogP contribution is -2.53. The number of rotatable bonds is 4. The Balaban J connectivity index is 1.47. The Kier molecular flexibility index (Phi) is 5.43. The van der Waals surface area contributed by atoms with E-state index in [0.29, 0.717) is 19.0 Å². The van der Waals surface area contributed by atoms with E-state index in [1.165, 1.54) is 32.1 Å². The second-order valence-corrected chi connectivity index (χ2v) is 6.72. The number of carbonyl (C=O) groups is 1. The van der Waals surface area contributed by atoms with Crippen molar-refractivity contribution in [1.82, 2.24) is 14.9 Å². The average molecular weight is 317 g/mol. The summed E-state index contributed by atoms with van der Waals surface area (Å²) in [6.07, 6.45) is 12.4. The second kappa shape index (κ2) is 7.73. The van der Waals surface area contributed by atoms with Crippen LogP contribution in [0.1, 0.15) is 38.5 Å². The average Bonchev–Trinajstić information content (AvgIpc) is 2.63. The molecule has 1 amide bonds. The fourth-order valence-corrected chi connectivity index (χ4v) is 3.73. The molecule has 1 aromatic rings. The van der Waals surface area contributed by atoms with E-state index in [1.54, 1.807) is 18.6 Å². The normalized spacial score (nSPS) is 21.3. The van der Waals surface area contributed by atoms with Gasteiger partial charge in [-0.15, -0.1) is 0 Å². The van der Waals surface area contributed by atoms with E-state index in [1.807, 2.05) is 4.90 Å². The molecule has 1 aliphatic heterocycles. The number of carbonyl (C=O) groups excluding carboxylic acids is 1. The van der Waals surface area contributed by atoms with Crippen LogP contribution in [0.4, 0.5) is 5.82 Å². The van der Waals surface area contributed by atoms with Crippen molar-refractivity contribution in [1.29, 1.82) is 0 Å². The Morgan fingerprint density at radius 3 is 2.57 bits per heavy atom.